The summed E-state index contributed by atoms with van der Waals surface area (Å²) in [5, 5.41) is 8.06. The fraction of sp³-hybridized carbons (Fsp3) is 0.333. The van der Waals surface area contributed by atoms with E-state index in [-0.39, 0.29) is 11.4 Å². The summed E-state index contributed by atoms with van der Waals surface area (Å²) in [7, 11) is -9.33. The first kappa shape index (κ1) is 41.4. The van der Waals surface area contributed by atoms with Crippen LogP contribution in [0.15, 0.2) is 63.7 Å². The summed E-state index contributed by atoms with van der Waals surface area (Å²) in [5.74, 6) is 1.58. The molecule has 5 N–H and O–H groups in total. The molecule has 0 atom stereocenters. The molecule has 0 aromatic heterocycles. The Hall–Kier alpha value is -4.59. The Bertz CT molecular complexity index is 1760. The predicted molar refractivity (Wildman–Crippen MR) is 169 cm³/mol. The standard InChI is InChI=1S/C17H21N3O5S.C10H15NO.2O3S/c1-4-7-25-16-10-13(18)11(2)8-15(16)20-19-14-6-5-12(24-3)9-17(14)26(21,22)23;1-3-6-12-9-5-4-8(2)10(11)7-9;2*1-4(2)3/h5-6,8-10H,4,7,18H2,1-3H3,(H,21,22,23);4-5,7H,3,6,11H2,1-2H3;;. The fourth-order valence-electron chi connectivity index (χ4n) is 3.04. The van der Waals surface area contributed by atoms with Gasteiger partial charge in [0.15, 0.2) is 0 Å². The van der Waals surface area contributed by atoms with Crippen LogP contribution in [0.1, 0.15) is 37.8 Å². The van der Waals surface area contributed by atoms with Gasteiger partial charge in [-0.3, -0.25) is 4.55 Å². The second kappa shape index (κ2) is 21.2. The van der Waals surface area contributed by atoms with Crippen LogP contribution in [0.4, 0.5) is 22.7 Å². The summed E-state index contributed by atoms with van der Waals surface area (Å²) in [5.41, 5.74) is 15.2. The highest BCUT2D eigenvalue weighted by atomic mass is 32.2. The molecule has 0 unspecified atom stereocenters. The van der Waals surface area contributed by atoms with Gasteiger partial charge in [0.05, 0.1) is 20.3 Å². The average molecular weight is 705 g/mol. The molecule has 0 bridgehead atoms. The van der Waals surface area contributed by atoms with Gasteiger partial charge in [0.25, 0.3) is 10.1 Å². The van der Waals surface area contributed by atoms with E-state index < -0.39 is 36.2 Å². The first-order valence-corrected chi connectivity index (χ1v) is 16.5. The van der Waals surface area contributed by atoms with Crippen molar-refractivity contribution in [3.8, 4) is 17.2 Å². The van der Waals surface area contributed by atoms with Crippen LogP contribution in [0.25, 0.3) is 0 Å². The van der Waals surface area contributed by atoms with Gasteiger partial charge in [0.2, 0.25) is 0 Å². The van der Waals surface area contributed by atoms with Crippen LogP contribution in [0, 0.1) is 13.8 Å². The molecule has 3 aromatic rings. The highest BCUT2D eigenvalue weighted by molar-refractivity contribution is 7.86. The monoisotopic (exact) mass is 704 g/mol. The number of hydrogen-bond donors (Lipinski definition) is 3. The second-order valence-electron chi connectivity index (χ2n) is 8.81. The number of nitrogens with two attached hydrogens (primary N) is 2. The van der Waals surface area contributed by atoms with E-state index in [4.69, 9.17) is 50.9 Å². The van der Waals surface area contributed by atoms with Gasteiger partial charge in [-0.2, -0.15) is 8.42 Å². The third-order valence-electron chi connectivity index (χ3n) is 5.24. The summed E-state index contributed by atoms with van der Waals surface area (Å²) in [6, 6.07) is 13.2. The Morgan fingerprint density at radius 3 is 1.72 bits per heavy atom. The highest BCUT2D eigenvalue weighted by Gasteiger charge is 2.17. The van der Waals surface area contributed by atoms with Crippen LogP contribution >= 0.6 is 0 Å². The molecule has 0 saturated carbocycles. The van der Waals surface area contributed by atoms with Gasteiger partial charge >= 0.3 is 21.2 Å². The van der Waals surface area contributed by atoms with Gasteiger partial charge in [-0.15, -0.1) is 35.5 Å². The molecule has 3 rings (SSSR count). The van der Waals surface area contributed by atoms with Gasteiger partial charge in [0.1, 0.15) is 33.5 Å². The summed E-state index contributed by atoms with van der Waals surface area (Å²) in [6.45, 7) is 9.08. The van der Waals surface area contributed by atoms with Crippen molar-refractivity contribution in [3.63, 3.8) is 0 Å². The van der Waals surface area contributed by atoms with Crippen LogP contribution in [-0.2, 0) is 31.3 Å². The Kier molecular flexibility index (Phi) is 19.1. The molecule has 0 saturated heterocycles. The molecule has 0 radical (unpaired) electrons. The summed E-state index contributed by atoms with van der Waals surface area (Å²) >= 11 is 0. The number of aryl methyl sites for hydroxylation is 2. The van der Waals surface area contributed by atoms with Crippen LogP contribution in [0.3, 0.4) is 0 Å². The molecule has 16 nitrogen and oxygen atoms in total. The fourth-order valence-corrected chi connectivity index (χ4v) is 3.68. The highest BCUT2D eigenvalue weighted by Crippen LogP contribution is 2.35. The quantitative estimate of drug-likeness (QED) is 0.150. The van der Waals surface area contributed by atoms with Gasteiger partial charge in [0, 0.05) is 29.6 Å². The lowest BCUT2D eigenvalue weighted by molar-refractivity contribution is 0.317. The van der Waals surface area contributed by atoms with Crippen molar-refractivity contribution in [2.24, 2.45) is 10.2 Å². The SMILES string of the molecule is CCCOc1cc(N)c(C)cc1N=Nc1ccc(OC)cc1S(=O)(=O)O.CCCOc1ccc(C)c(N)c1.O=S(=O)=O.O=S(=O)=O. The number of anilines is 2. The molecule has 19 heteroatoms. The summed E-state index contributed by atoms with van der Waals surface area (Å²) in [6.07, 6.45) is 1.82. The lowest BCUT2D eigenvalue weighted by Crippen LogP contribution is -1.99. The number of benzene rings is 3. The smallest absolute Gasteiger partial charge is 0.425 e. The molecule has 46 heavy (non-hydrogen) atoms. The van der Waals surface area contributed by atoms with Gasteiger partial charge in [-0.1, -0.05) is 19.9 Å². The molecule has 3 aromatic carbocycles. The minimum Gasteiger partial charge on any atom is -0.497 e. The van der Waals surface area contributed by atoms with E-state index in [1.165, 1.54) is 25.3 Å². The number of hydrogen-bond acceptors (Lipinski definition) is 15. The van der Waals surface area contributed by atoms with Gasteiger partial charge in [-0.05, 0) is 62.1 Å². The van der Waals surface area contributed by atoms with Gasteiger partial charge < -0.3 is 25.7 Å². The van der Waals surface area contributed by atoms with E-state index in [2.05, 4.69) is 17.2 Å². The van der Waals surface area contributed by atoms with Crippen molar-refractivity contribution in [1.29, 1.82) is 0 Å². The zero-order chi connectivity index (χ0) is 35.4. The molecule has 0 heterocycles. The normalized spacial score (nSPS) is 10.2. The van der Waals surface area contributed by atoms with Crippen LogP contribution < -0.4 is 25.7 Å². The third-order valence-corrected chi connectivity index (χ3v) is 6.13. The zero-order valence-electron chi connectivity index (χ0n) is 25.7. The topological polar surface area (TPSA) is 261 Å². The molecule has 0 spiro atoms. The predicted octanol–water partition coefficient (Wildman–Crippen LogP) is 4.39. The van der Waals surface area contributed by atoms with Crippen molar-refractivity contribution in [1.82, 2.24) is 0 Å². The first-order chi connectivity index (χ1) is 21.5. The average Bonchev–Trinajstić information content (AvgIpc) is 2.96. The van der Waals surface area contributed by atoms with Crippen LogP contribution in [0.5, 0.6) is 17.2 Å². The Balaban J connectivity index is 0.000000831. The van der Waals surface area contributed by atoms with Crippen molar-refractivity contribution in [2.75, 3.05) is 31.8 Å². The largest absolute Gasteiger partial charge is 0.497 e. The van der Waals surface area contributed by atoms with E-state index in [1.807, 2.05) is 39.0 Å². The second-order valence-corrected chi connectivity index (χ2v) is 11.0. The number of methoxy groups -OCH3 is 1. The maximum absolute atomic E-state index is 11.6. The van der Waals surface area contributed by atoms with E-state index >= 15 is 0 Å². The number of nitrogen functional groups attached to an aromatic ring is 2. The van der Waals surface area contributed by atoms with Crippen molar-refractivity contribution >= 4 is 54.1 Å². The zero-order valence-corrected chi connectivity index (χ0v) is 28.1. The maximum atomic E-state index is 11.6. The third kappa shape index (κ3) is 17.0. The van der Waals surface area contributed by atoms with Crippen molar-refractivity contribution in [2.45, 2.75) is 45.4 Å². The molecule has 254 valence electrons. The Morgan fingerprint density at radius 1 is 0.717 bits per heavy atom. The van der Waals surface area contributed by atoms with Crippen LogP contribution in [-0.4, -0.2) is 58.5 Å². The van der Waals surface area contributed by atoms with Crippen molar-refractivity contribution in [3.05, 3.63) is 59.7 Å². The lowest BCUT2D eigenvalue weighted by Gasteiger charge is -2.10. The number of azo groups is 1. The van der Waals surface area contributed by atoms with E-state index in [9.17, 15) is 13.0 Å². The van der Waals surface area contributed by atoms with Crippen LogP contribution in [0.2, 0.25) is 0 Å². The minimum atomic E-state index is -4.49. The molecule has 0 aliphatic heterocycles. The molecule has 0 fully saturated rings. The minimum absolute atomic E-state index is 0.0239. The molecule has 0 aliphatic carbocycles. The Morgan fingerprint density at radius 2 is 1.22 bits per heavy atom. The Labute approximate surface area is 270 Å². The van der Waals surface area contributed by atoms with E-state index in [0.717, 1.165) is 42.0 Å². The van der Waals surface area contributed by atoms with Crippen molar-refractivity contribution < 1.29 is 52.4 Å². The first-order valence-electron chi connectivity index (χ1n) is 13.1. The summed E-state index contributed by atoms with van der Waals surface area (Å²) in [4.78, 5) is -0.399. The maximum Gasteiger partial charge on any atom is 0.425 e. The molecule has 0 amide bonds. The molecular weight excluding hydrogens is 669 g/mol. The number of nitrogens with zero attached hydrogens (tertiary/aromatic N) is 2. The molecular formula is C27H36N4O12S3. The molecule has 0 aliphatic rings. The lowest BCUT2D eigenvalue weighted by atomic mass is 10.1. The van der Waals surface area contributed by atoms with Gasteiger partial charge in [-0.25, -0.2) is 0 Å². The number of ether oxygens (including phenoxy) is 3. The number of rotatable bonds is 10. The summed E-state index contributed by atoms with van der Waals surface area (Å²) < 4.78 is 99.3. The van der Waals surface area contributed by atoms with E-state index in [1.54, 1.807) is 12.1 Å². The van der Waals surface area contributed by atoms with E-state index in [0.29, 0.717) is 23.7 Å².